The van der Waals surface area contributed by atoms with Crippen LogP contribution in [0.5, 0.6) is 0 Å². The quantitative estimate of drug-likeness (QED) is 0.876. The lowest BCUT2D eigenvalue weighted by Gasteiger charge is -2.17. The van der Waals surface area contributed by atoms with Crippen molar-refractivity contribution in [1.29, 1.82) is 0 Å². The highest BCUT2D eigenvalue weighted by Gasteiger charge is 2.37. The maximum Gasteiger partial charge on any atom is 0.227 e. The second kappa shape index (κ2) is 4.89. The van der Waals surface area contributed by atoms with Gasteiger partial charge in [0.2, 0.25) is 5.91 Å². The van der Waals surface area contributed by atoms with Gasteiger partial charge in [-0.1, -0.05) is 12.1 Å². The van der Waals surface area contributed by atoms with Crippen LogP contribution in [0.2, 0.25) is 0 Å². The molecule has 1 aromatic rings. The zero-order chi connectivity index (χ0) is 13.4. The molecule has 0 saturated carbocycles. The Morgan fingerprint density at radius 1 is 1.37 bits per heavy atom. The van der Waals surface area contributed by atoms with Gasteiger partial charge in [-0.15, -0.1) is 0 Å². The molecule has 0 aromatic heterocycles. The maximum absolute atomic E-state index is 13.5. The molecule has 1 N–H and O–H groups in total. The molecule has 2 aliphatic heterocycles. The molecular weight excluding hydrogens is 250 g/mol. The van der Waals surface area contributed by atoms with E-state index >= 15 is 0 Å². The van der Waals surface area contributed by atoms with E-state index in [2.05, 4.69) is 5.32 Å². The van der Waals surface area contributed by atoms with E-state index < -0.39 is 11.6 Å². The van der Waals surface area contributed by atoms with Crippen molar-refractivity contribution in [2.24, 2.45) is 5.92 Å². The lowest BCUT2D eigenvalue weighted by Crippen LogP contribution is -2.34. The zero-order valence-corrected chi connectivity index (χ0v) is 10.5. The summed E-state index contributed by atoms with van der Waals surface area (Å²) in [6.45, 7) is 2.42. The Kier molecular flexibility index (Phi) is 3.22. The summed E-state index contributed by atoms with van der Waals surface area (Å²) >= 11 is 0. The van der Waals surface area contributed by atoms with Gasteiger partial charge < -0.3 is 10.2 Å². The highest BCUT2D eigenvalue weighted by molar-refractivity contribution is 5.79. The summed E-state index contributed by atoms with van der Waals surface area (Å²) in [5, 5.41) is 3.36. The Labute approximate surface area is 110 Å². The molecule has 0 aliphatic carbocycles. The van der Waals surface area contributed by atoms with Crippen molar-refractivity contribution < 1.29 is 13.6 Å². The second-order valence-electron chi connectivity index (χ2n) is 5.30. The number of hydrogen-bond acceptors (Lipinski definition) is 2. The van der Waals surface area contributed by atoms with E-state index in [0.29, 0.717) is 18.5 Å². The van der Waals surface area contributed by atoms with Crippen molar-refractivity contribution in [3.05, 3.63) is 35.4 Å². The highest BCUT2D eigenvalue weighted by atomic mass is 19.2. The molecule has 3 rings (SSSR count). The first-order chi connectivity index (χ1) is 9.15. The number of likely N-dealkylation sites (tertiary alicyclic amines) is 1. The average molecular weight is 266 g/mol. The molecule has 0 radical (unpaired) electrons. The lowest BCUT2D eigenvalue weighted by molar-refractivity contribution is -0.129. The van der Waals surface area contributed by atoms with E-state index in [-0.39, 0.29) is 17.9 Å². The summed E-state index contributed by atoms with van der Waals surface area (Å²) in [5.74, 6) is -1.42. The Balaban J connectivity index is 1.67. The van der Waals surface area contributed by atoms with Crippen LogP contribution in [0.15, 0.2) is 18.2 Å². The minimum atomic E-state index is -0.909. The van der Waals surface area contributed by atoms with Gasteiger partial charge >= 0.3 is 0 Å². The van der Waals surface area contributed by atoms with Crippen LogP contribution in [-0.4, -0.2) is 36.5 Å². The largest absolute Gasteiger partial charge is 0.340 e. The number of benzene rings is 1. The van der Waals surface area contributed by atoms with Crippen LogP contribution in [0.3, 0.4) is 0 Å². The van der Waals surface area contributed by atoms with Crippen molar-refractivity contribution in [2.75, 3.05) is 19.6 Å². The average Bonchev–Trinajstić information content (AvgIpc) is 2.95. The van der Waals surface area contributed by atoms with Crippen molar-refractivity contribution in [3.63, 3.8) is 0 Å². The smallest absolute Gasteiger partial charge is 0.227 e. The van der Waals surface area contributed by atoms with Crippen LogP contribution >= 0.6 is 0 Å². The molecule has 19 heavy (non-hydrogen) atoms. The van der Waals surface area contributed by atoms with Crippen LogP contribution in [0.4, 0.5) is 8.78 Å². The summed E-state index contributed by atoms with van der Waals surface area (Å²) < 4.78 is 26.6. The van der Waals surface area contributed by atoms with Gasteiger partial charge in [-0.2, -0.15) is 0 Å². The Hall–Kier alpha value is -1.49. The number of amides is 1. The summed E-state index contributed by atoms with van der Waals surface area (Å²) in [4.78, 5) is 13.9. The first kappa shape index (κ1) is 12.5. The topological polar surface area (TPSA) is 32.3 Å². The number of carbonyl (C=O) groups excluding carboxylic acids is 1. The minimum Gasteiger partial charge on any atom is -0.340 e. The standard InChI is InChI=1S/C14H16F2N2O/c15-11-3-1-2-9(14(11)16)6-13(19)18-7-10-4-5-17-12(10)8-18/h1-3,10,12,17H,4-8H2/t10-,12+/m0/s1. The van der Waals surface area contributed by atoms with Gasteiger partial charge in [-0.05, 0) is 24.9 Å². The van der Waals surface area contributed by atoms with E-state index in [4.69, 9.17) is 0 Å². The van der Waals surface area contributed by atoms with Crippen LogP contribution in [0, 0.1) is 17.6 Å². The first-order valence-corrected chi connectivity index (χ1v) is 6.59. The van der Waals surface area contributed by atoms with Gasteiger partial charge in [0.15, 0.2) is 11.6 Å². The Morgan fingerprint density at radius 3 is 3.00 bits per heavy atom. The number of rotatable bonds is 2. The van der Waals surface area contributed by atoms with E-state index in [0.717, 1.165) is 25.6 Å². The predicted molar refractivity (Wildman–Crippen MR) is 66.5 cm³/mol. The fourth-order valence-electron chi connectivity index (χ4n) is 3.01. The van der Waals surface area contributed by atoms with Gasteiger partial charge in [0.1, 0.15) is 0 Å². The number of nitrogens with one attached hydrogen (secondary N) is 1. The minimum absolute atomic E-state index is 0.0664. The van der Waals surface area contributed by atoms with Crippen molar-refractivity contribution in [3.8, 4) is 0 Å². The number of halogens is 2. The summed E-state index contributed by atoms with van der Waals surface area (Å²) in [6, 6.07) is 4.33. The van der Waals surface area contributed by atoms with Gasteiger partial charge in [-0.25, -0.2) is 8.78 Å². The molecule has 0 unspecified atom stereocenters. The van der Waals surface area contributed by atoms with Crippen molar-refractivity contribution in [1.82, 2.24) is 10.2 Å². The Morgan fingerprint density at radius 2 is 2.21 bits per heavy atom. The van der Waals surface area contributed by atoms with Gasteiger partial charge in [0.25, 0.3) is 0 Å². The van der Waals surface area contributed by atoms with Crippen LogP contribution in [0.25, 0.3) is 0 Å². The molecule has 1 amide bonds. The summed E-state index contributed by atoms with van der Waals surface area (Å²) in [6.07, 6.45) is 1.02. The van der Waals surface area contributed by atoms with E-state index in [9.17, 15) is 13.6 Å². The monoisotopic (exact) mass is 266 g/mol. The number of carbonyl (C=O) groups is 1. The third kappa shape index (κ3) is 2.34. The molecular formula is C14H16F2N2O. The fraction of sp³-hybridized carbons (Fsp3) is 0.500. The van der Waals surface area contributed by atoms with E-state index in [1.165, 1.54) is 12.1 Å². The van der Waals surface area contributed by atoms with Crippen LogP contribution in [-0.2, 0) is 11.2 Å². The van der Waals surface area contributed by atoms with Crippen LogP contribution < -0.4 is 5.32 Å². The third-order valence-corrected chi connectivity index (χ3v) is 4.09. The maximum atomic E-state index is 13.5. The third-order valence-electron chi connectivity index (χ3n) is 4.09. The van der Waals surface area contributed by atoms with Gasteiger partial charge in [0.05, 0.1) is 6.42 Å². The Bertz CT molecular complexity index is 494. The molecule has 0 bridgehead atoms. The second-order valence-corrected chi connectivity index (χ2v) is 5.30. The molecule has 2 heterocycles. The number of nitrogens with zero attached hydrogens (tertiary/aromatic N) is 1. The molecule has 1 aromatic carbocycles. The molecule has 2 atom stereocenters. The molecule has 0 spiro atoms. The fourth-order valence-corrected chi connectivity index (χ4v) is 3.01. The van der Waals surface area contributed by atoms with Crippen molar-refractivity contribution in [2.45, 2.75) is 18.9 Å². The van der Waals surface area contributed by atoms with Gasteiger partial charge in [-0.3, -0.25) is 4.79 Å². The zero-order valence-electron chi connectivity index (χ0n) is 10.5. The summed E-state index contributed by atoms with van der Waals surface area (Å²) in [5.41, 5.74) is 0.134. The summed E-state index contributed by atoms with van der Waals surface area (Å²) in [7, 11) is 0. The number of fused-ring (bicyclic) bond motifs is 1. The molecule has 2 fully saturated rings. The lowest BCUT2D eigenvalue weighted by atomic mass is 10.1. The normalized spacial score (nSPS) is 25.7. The molecule has 5 heteroatoms. The molecule has 3 nitrogen and oxygen atoms in total. The SMILES string of the molecule is O=C(Cc1cccc(F)c1F)N1C[C@@H]2CCN[C@@H]2C1. The number of hydrogen-bond donors (Lipinski definition) is 1. The molecule has 2 saturated heterocycles. The highest BCUT2D eigenvalue weighted by Crippen LogP contribution is 2.25. The van der Waals surface area contributed by atoms with E-state index in [1.807, 2.05) is 0 Å². The predicted octanol–water partition coefficient (Wildman–Crippen LogP) is 1.33. The molecule has 102 valence electrons. The van der Waals surface area contributed by atoms with Crippen LogP contribution in [0.1, 0.15) is 12.0 Å². The molecule has 2 aliphatic rings. The van der Waals surface area contributed by atoms with E-state index in [1.54, 1.807) is 4.90 Å². The first-order valence-electron chi connectivity index (χ1n) is 6.59. The van der Waals surface area contributed by atoms with Crippen molar-refractivity contribution >= 4 is 5.91 Å². The van der Waals surface area contributed by atoms with Gasteiger partial charge in [0, 0.05) is 24.7 Å².